The molecule has 1 aliphatic heterocycles. The normalized spacial score (nSPS) is 15.5. The third kappa shape index (κ3) is 4.30. The van der Waals surface area contributed by atoms with Gasteiger partial charge in [0.2, 0.25) is 11.8 Å². The SMILES string of the molecule is CCN1C(=O)C(C)(C)COc2cc(NC(=O)CCc3ccccc3)ccc21. The van der Waals surface area contributed by atoms with E-state index in [9.17, 15) is 9.59 Å². The number of rotatable bonds is 5. The predicted octanol–water partition coefficient (Wildman–Crippen LogP) is 4.03. The first-order valence-corrected chi connectivity index (χ1v) is 9.33. The summed E-state index contributed by atoms with van der Waals surface area (Å²) in [5, 5.41) is 2.93. The van der Waals surface area contributed by atoms with Crippen molar-refractivity contribution < 1.29 is 14.3 Å². The molecule has 5 nitrogen and oxygen atoms in total. The van der Waals surface area contributed by atoms with Gasteiger partial charge in [-0.15, -0.1) is 0 Å². The minimum absolute atomic E-state index is 0.0448. The predicted molar refractivity (Wildman–Crippen MR) is 107 cm³/mol. The summed E-state index contributed by atoms with van der Waals surface area (Å²) in [6.45, 7) is 6.59. The summed E-state index contributed by atoms with van der Waals surface area (Å²) < 4.78 is 5.90. The quantitative estimate of drug-likeness (QED) is 0.869. The van der Waals surface area contributed by atoms with Gasteiger partial charge in [-0.25, -0.2) is 0 Å². The van der Waals surface area contributed by atoms with E-state index < -0.39 is 5.41 Å². The van der Waals surface area contributed by atoms with Crippen LogP contribution in [0.25, 0.3) is 0 Å². The number of aryl methyl sites for hydroxylation is 1. The summed E-state index contributed by atoms with van der Waals surface area (Å²) in [6.07, 6.45) is 1.11. The van der Waals surface area contributed by atoms with Gasteiger partial charge in [0.05, 0.1) is 11.1 Å². The number of ether oxygens (including phenoxy) is 1. The van der Waals surface area contributed by atoms with Gasteiger partial charge in [0.1, 0.15) is 12.4 Å². The van der Waals surface area contributed by atoms with Gasteiger partial charge >= 0.3 is 0 Å². The summed E-state index contributed by atoms with van der Waals surface area (Å²) in [6, 6.07) is 15.4. The molecule has 0 atom stereocenters. The van der Waals surface area contributed by atoms with Gasteiger partial charge in [0.25, 0.3) is 0 Å². The van der Waals surface area contributed by atoms with Crippen molar-refractivity contribution in [2.75, 3.05) is 23.4 Å². The first-order valence-electron chi connectivity index (χ1n) is 9.33. The van der Waals surface area contributed by atoms with Crippen LogP contribution in [0.3, 0.4) is 0 Å². The standard InChI is InChI=1S/C22H26N2O3/c1-4-24-18-12-11-17(14-19(18)27-15-22(2,3)21(24)26)23-20(25)13-10-16-8-6-5-7-9-16/h5-9,11-12,14H,4,10,13,15H2,1-3H3,(H,23,25). The van der Waals surface area contributed by atoms with Gasteiger partial charge in [0.15, 0.2) is 0 Å². The molecule has 0 bridgehead atoms. The molecule has 0 unspecified atom stereocenters. The Kier molecular flexibility index (Phi) is 5.49. The molecule has 142 valence electrons. The molecular formula is C22H26N2O3. The van der Waals surface area contributed by atoms with Crippen LogP contribution < -0.4 is 15.0 Å². The highest BCUT2D eigenvalue weighted by atomic mass is 16.5. The Hall–Kier alpha value is -2.82. The second kappa shape index (κ2) is 7.82. The van der Waals surface area contributed by atoms with E-state index in [0.29, 0.717) is 37.4 Å². The zero-order valence-corrected chi connectivity index (χ0v) is 16.1. The maximum atomic E-state index is 12.7. The molecule has 0 spiro atoms. The summed E-state index contributed by atoms with van der Waals surface area (Å²) in [5.41, 5.74) is 1.97. The number of nitrogens with one attached hydrogen (secondary N) is 1. The Balaban J connectivity index is 1.71. The molecule has 27 heavy (non-hydrogen) atoms. The average molecular weight is 366 g/mol. The monoisotopic (exact) mass is 366 g/mol. The number of benzene rings is 2. The molecule has 2 aromatic rings. The minimum Gasteiger partial charge on any atom is -0.490 e. The van der Waals surface area contributed by atoms with Crippen molar-refractivity contribution in [1.82, 2.24) is 0 Å². The van der Waals surface area contributed by atoms with Gasteiger partial charge in [-0.2, -0.15) is 0 Å². The van der Waals surface area contributed by atoms with Crippen LogP contribution in [0.5, 0.6) is 5.75 Å². The number of nitrogens with zero attached hydrogens (tertiary/aromatic N) is 1. The molecule has 2 amide bonds. The van der Waals surface area contributed by atoms with E-state index in [0.717, 1.165) is 11.3 Å². The van der Waals surface area contributed by atoms with Crippen molar-refractivity contribution in [3.63, 3.8) is 0 Å². The molecule has 0 saturated carbocycles. The summed E-state index contributed by atoms with van der Waals surface area (Å²) in [7, 11) is 0. The Morgan fingerprint density at radius 3 is 2.63 bits per heavy atom. The first-order chi connectivity index (χ1) is 12.9. The van der Waals surface area contributed by atoms with Crippen molar-refractivity contribution in [2.24, 2.45) is 5.41 Å². The first kappa shape index (κ1) is 19.0. The fourth-order valence-corrected chi connectivity index (χ4v) is 3.17. The molecule has 2 aromatic carbocycles. The summed E-state index contributed by atoms with van der Waals surface area (Å²) in [5.74, 6) is 0.621. The number of fused-ring (bicyclic) bond motifs is 1. The van der Waals surface area contributed by atoms with E-state index in [-0.39, 0.29) is 11.8 Å². The molecule has 0 radical (unpaired) electrons. The number of hydrogen-bond acceptors (Lipinski definition) is 3. The lowest BCUT2D eigenvalue weighted by Crippen LogP contribution is -2.42. The molecule has 0 fully saturated rings. The van der Waals surface area contributed by atoms with Crippen LogP contribution in [0, 0.1) is 5.41 Å². The van der Waals surface area contributed by atoms with E-state index in [1.54, 1.807) is 11.0 Å². The molecular weight excluding hydrogens is 340 g/mol. The lowest BCUT2D eigenvalue weighted by molar-refractivity contribution is -0.127. The van der Waals surface area contributed by atoms with Crippen molar-refractivity contribution >= 4 is 23.2 Å². The van der Waals surface area contributed by atoms with Crippen molar-refractivity contribution in [1.29, 1.82) is 0 Å². The van der Waals surface area contributed by atoms with Crippen molar-refractivity contribution in [2.45, 2.75) is 33.6 Å². The van der Waals surface area contributed by atoms with Crippen molar-refractivity contribution in [3.8, 4) is 5.75 Å². The molecule has 1 aliphatic rings. The largest absolute Gasteiger partial charge is 0.490 e. The van der Waals surface area contributed by atoms with Crippen LogP contribution in [0.1, 0.15) is 32.8 Å². The molecule has 0 aromatic heterocycles. The minimum atomic E-state index is -0.589. The lowest BCUT2D eigenvalue weighted by Gasteiger charge is -2.26. The highest BCUT2D eigenvalue weighted by molar-refractivity contribution is 6.00. The van der Waals surface area contributed by atoms with Gasteiger partial charge in [-0.05, 0) is 44.9 Å². The fourth-order valence-electron chi connectivity index (χ4n) is 3.17. The van der Waals surface area contributed by atoms with Crippen LogP contribution in [0.15, 0.2) is 48.5 Å². The average Bonchev–Trinajstić information content (AvgIpc) is 2.76. The fraction of sp³-hybridized carbons (Fsp3) is 0.364. The van der Waals surface area contributed by atoms with E-state index in [2.05, 4.69) is 5.32 Å². The molecule has 5 heteroatoms. The van der Waals surface area contributed by atoms with Gasteiger partial charge in [-0.1, -0.05) is 30.3 Å². The maximum Gasteiger partial charge on any atom is 0.236 e. The zero-order valence-electron chi connectivity index (χ0n) is 16.1. The smallest absolute Gasteiger partial charge is 0.236 e. The van der Waals surface area contributed by atoms with Gasteiger partial charge < -0.3 is 15.0 Å². The molecule has 0 saturated heterocycles. The molecule has 1 heterocycles. The van der Waals surface area contributed by atoms with Crippen molar-refractivity contribution in [3.05, 3.63) is 54.1 Å². The second-order valence-electron chi connectivity index (χ2n) is 7.44. The Labute approximate surface area is 160 Å². The maximum absolute atomic E-state index is 12.7. The zero-order chi connectivity index (χ0) is 19.4. The van der Waals surface area contributed by atoms with Crippen LogP contribution in [0.2, 0.25) is 0 Å². The van der Waals surface area contributed by atoms with Crippen LogP contribution in [-0.4, -0.2) is 25.0 Å². The highest BCUT2D eigenvalue weighted by Crippen LogP contribution is 2.38. The third-order valence-corrected chi connectivity index (χ3v) is 4.75. The van der Waals surface area contributed by atoms with Crippen LogP contribution in [-0.2, 0) is 16.0 Å². The summed E-state index contributed by atoms with van der Waals surface area (Å²) in [4.78, 5) is 26.7. The Morgan fingerprint density at radius 2 is 1.93 bits per heavy atom. The Bertz CT molecular complexity index is 831. The van der Waals surface area contributed by atoms with E-state index in [1.165, 1.54) is 0 Å². The molecule has 0 aliphatic carbocycles. The van der Waals surface area contributed by atoms with Gasteiger partial charge in [0, 0.05) is 24.7 Å². The third-order valence-electron chi connectivity index (χ3n) is 4.75. The summed E-state index contributed by atoms with van der Waals surface area (Å²) >= 11 is 0. The van der Waals surface area contributed by atoms with Crippen LogP contribution >= 0.6 is 0 Å². The van der Waals surface area contributed by atoms with Gasteiger partial charge in [-0.3, -0.25) is 9.59 Å². The number of amides is 2. The highest BCUT2D eigenvalue weighted by Gasteiger charge is 2.37. The topological polar surface area (TPSA) is 58.6 Å². The number of hydrogen-bond donors (Lipinski definition) is 1. The Morgan fingerprint density at radius 1 is 1.19 bits per heavy atom. The molecule has 1 N–H and O–H groups in total. The number of anilines is 2. The molecule has 3 rings (SSSR count). The van der Waals surface area contributed by atoms with E-state index in [1.807, 2.05) is 63.2 Å². The number of carbonyl (C=O) groups is 2. The lowest BCUT2D eigenvalue weighted by atomic mass is 9.93. The number of carbonyl (C=O) groups excluding carboxylic acids is 2. The van der Waals surface area contributed by atoms with E-state index in [4.69, 9.17) is 4.74 Å². The van der Waals surface area contributed by atoms with E-state index >= 15 is 0 Å². The second-order valence-corrected chi connectivity index (χ2v) is 7.44. The van der Waals surface area contributed by atoms with Crippen LogP contribution in [0.4, 0.5) is 11.4 Å².